The van der Waals surface area contributed by atoms with Crippen molar-refractivity contribution < 1.29 is 14.6 Å². The molecule has 3 aliphatic rings. The van der Waals surface area contributed by atoms with Gasteiger partial charge in [0.25, 0.3) is 0 Å². The Labute approximate surface area is 153 Å². The van der Waals surface area contributed by atoms with E-state index in [1.54, 1.807) is 0 Å². The maximum absolute atomic E-state index is 13.3. The van der Waals surface area contributed by atoms with E-state index in [9.17, 15) is 9.90 Å². The number of aliphatic hydroxyl groups is 1. The third-order valence-corrected chi connectivity index (χ3v) is 7.02. The minimum atomic E-state index is -0.706. The lowest BCUT2D eigenvalue weighted by Crippen LogP contribution is -2.64. The van der Waals surface area contributed by atoms with E-state index in [2.05, 4.69) is 34.1 Å². The first kappa shape index (κ1) is 16.3. The van der Waals surface area contributed by atoms with E-state index in [1.165, 1.54) is 23.6 Å². The monoisotopic (exact) mass is 354 g/mol. The highest BCUT2D eigenvalue weighted by Crippen LogP contribution is 2.54. The first-order chi connectivity index (χ1) is 12.6. The van der Waals surface area contributed by atoms with Crippen LogP contribution in [0.15, 0.2) is 24.3 Å². The molecule has 2 bridgehead atoms. The number of ether oxygens (including phenoxy) is 1. The first-order valence-electron chi connectivity index (χ1n) is 9.68. The zero-order valence-electron chi connectivity index (χ0n) is 15.4. The number of nitrogens with one attached hydrogen (secondary N) is 1. The van der Waals surface area contributed by atoms with Gasteiger partial charge in [0.15, 0.2) is 0 Å². The predicted octanol–water partition coefficient (Wildman–Crippen LogP) is 1.99. The topological polar surface area (TPSA) is 63.5 Å². The first-order valence-corrected chi connectivity index (χ1v) is 9.68. The summed E-state index contributed by atoms with van der Waals surface area (Å²) in [6, 6.07) is 8.42. The molecule has 5 heteroatoms. The number of benzene rings is 1. The van der Waals surface area contributed by atoms with Crippen molar-refractivity contribution in [1.29, 1.82) is 0 Å². The Hall–Kier alpha value is -1.85. The molecule has 0 spiro atoms. The molecule has 2 aliphatic heterocycles. The van der Waals surface area contributed by atoms with Crippen LogP contribution in [0.2, 0.25) is 0 Å². The zero-order valence-corrected chi connectivity index (χ0v) is 15.4. The Balaban J connectivity index is 1.86. The molecular formula is C21H26N2O3. The number of rotatable bonds is 2. The van der Waals surface area contributed by atoms with E-state index in [0.29, 0.717) is 5.92 Å². The Morgan fingerprint density at radius 2 is 2.23 bits per heavy atom. The van der Waals surface area contributed by atoms with Crippen LogP contribution >= 0.6 is 0 Å². The van der Waals surface area contributed by atoms with Gasteiger partial charge < -0.3 is 19.7 Å². The number of nitrogens with zero attached hydrogens (tertiary/aromatic N) is 1. The van der Waals surface area contributed by atoms with Gasteiger partial charge >= 0.3 is 5.97 Å². The lowest BCUT2D eigenvalue weighted by Gasteiger charge is -2.53. The smallest absolute Gasteiger partial charge is 0.319 e. The normalized spacial score (nSPS) is 33.6. The van der Waals surface area contributed by atoms with Gasteiger partial charge in [0.1, 0.15) is 5.41 Å². The largest absolute Gasteiger partial charge is 0.468 e. The summed E-state index contributed by atoms with van der Waals surface area (Å²) in [7, 11) is 1.49. The number of para-hydroxylation sites is 1. The molecule has 5 atom stereocenters. The molecule has 0 saturated heterocycles. The zero-order chi connectivity index (χ0) is 18.1. The molecule has 0 radical (unpaired) electrons. The third-order valence-electron chi connectivity index (χ3n) is 7.02. The summed E-state index contributed by atoms with van der Waals surface area (Å²) in [5.74, 6) is 0.281. The van der Waals surface area contributed by atoms with Gasteiger partial charge in [0.2, 0.25) is 0 Å². The highest BCUT2D eigenvalue weighted by atomic mass is 16.5. The van der Waals surface area contributed by atoms with Crippen molar-refractivity contribution in [3.05, 3.63) is 35.5 Å². The van der Waals surface area contributed by atoms with Gasteiger partial charge in [-0.25, -0.2) is 0 Å². The quantitative estimate of drug-likeness (QED) is 0.810. The number of fused-ring (bicyclic) bond motifs is 4. The third kappa shape index (κ3) is 1.90. The Morgan fingerprint density at radius 3 is 3.00 bits per heavy atom. The molecule has 3 heterocycles. The van der Waals surface area contributed by atoms with Crippen LogP contribution in [0.1, 0.15) is 31.0 Å². The van der Waals surface area contributed by atoms with Gasteiger partial charge in [-0.1, -0.05) is 18.2 Å². The van der Waals surface area contributed by atoms with Gasteiger partial charge in [-0.05, 0) is 50.3 Å². The number of carbonyl (C=O) groups excluding carboxylic acids is 1. The molecule has 2 N–H and O–H groups in total. The van der Waals surface area contributed by atoms with Crippen LogP contribution in [0.5, 0.6) is 0 Å². The molecule has 5 rings (SSSR count). The van der Waals surface area contributed by atoms with Crippen molar-refractivity contribution >= 4 is 16.9 Å². The van der Waals surface area contributed by atoms with Crippen molar-refractivity contribution in [2.75, 3.05) is 13.7 Å². The van der Waals surface area contributed by atoms with Gasteiger partial charge in [-0.2, -0.15) is 0 Å². The van der Waals surface area contributed by atoms with E-state index in [1.807, 2.05) is 6.92 Å². The molecule has 1 aromatic heterocycles. The van der Waals surface area contributed by atoms with E-state index in [-0.39, 0.29) is 17.9 Å². The molecule has 1 fully saturated rings. The lowest BCUT2D eigenvalue weighted by atomic mass is 9.57. The van der Waals surface area contributed by atoms with E-state index >= 15 is 0 Å². The van der Waals surface area contributed by atoms with Crippen LogP contribution in [0.3, 0.4) is 0 Å². The summed E-state index contributed by atoms with van der Waals surface area (Å²) >= 11 is 0. The van der Waals surface area contributed by atoms with Crippen molar-refractivity contribution in [3.8, 4) is 0 Å². The summed E-state index contributed by atoms with van der Waals surface area (Å²) in [5, 5.41) is 15.4. The van der Waals surface area contributed by atoms with Crippen LogP contribution in [0.25, 0.3) is 10.9 Å². The van der Waals surface area contributed by atoms with E-state index < -0.39 is 11.5 Å². The van der Waals surface area contributed by atoms with Gasteiger partial charge in [-0.15, -0.1) is 0 Å². The second kappa shape index (κ2) is 5.57. The number of esters is 1. The van der Waals surface area contributed by atoms with E-state index in [4.69, 9.17) is 4.74 Å². The van der Waals surface area contributed by atoms with Crippen molar-refractivity contribution in [1.82, 2.24) is 9.88 Å². The highest BCUT2D eigenvalue weighted by Gasteiger charge is 2.61. The molecule has 0 amide bonds. The maximum Gasteiger partial charge on any atom is 0.319 e. The molecule has 1 aliphatic carbocycles. The van der Waals surface area contributed by atoms with Gasteiger partial charge in [0.05, 0.1) is 13.2 Å². The second-order valence-corrected chi connectivity index (χ2v) is 8.31. The van der Waals surface area contributed by atoms with Crippen LogP contribution in [0.4, 0.5) is 0 Å². The SMILES string of the molecule is COC(=O)[C@@]12C[C@H]3C[C@H]([C@H](C)O)[C@@H]1NCCc1c2n(c2ccccc12)C3. The number of aliphatic hydroxyl groups excluding tert-OH is 1. The Bertz CT molecular complexity index is 872. The average molecular weight is 354 g/mol. The molecule has 0 unspecified atom stereocenters. The number of hydrogen-bond donors (Lipinski definition) is 2. The fourth-order valence-corrected chi connectivity index (χ4v) is 6.16. The maximum atomic E-state index is 13.3. The van der Waals surface area contributed by atoms with Gasteiger partial charge in [0, 0.05) is 35.1 Å². The lowest BCUT2D eigenvalue weighted by molar-refractivity contribution is -0.155. The minimum absolute atomic E-state index is 0.0607. The summed E-state index contributed by atoms with van der Waals surface area (Å²) in [5.41, 5.74) is 2.95. The van der Waals surface area contributed by atoms with Crippen LogP contribution in [-0.2, 0) is 27.9 Å². The highest BCUT2D eigenvalue weighted by molar-refractivity contribution is 5.92. The second-order valence-electron chi connectivity index (χ2n) is 8.31. The Kier molecular flexibility index (Phi) is 3.50. The molecule has 1 saturated carbocycles. The molecule has 26 heavy (non-hydrogen) atoms. The van der Waals surface area contributed by atoms with Crippen LogP contribution < -0.4 is 5.32 Å². The standard InChI is InChI=1S/C21H26N2O3/c1-12(24)16-9-13-10-21(20(25)26-2)18(16)22-8-7-15-14-5-3-4-6-17(14)23(11-13)19(15)21/h3-6,12-13,16,18,22,24H,7-11H2,1-2H3/t12-,13+,16+,18-,21-/m0/s1. The Morgan fingerprint density at radius 1 is 1.42 bits per heavy atom. The van der Waals surface area contributed by atoms with Crippen molar-refractivity contribution in [3.63, 3.8) is 0 Å². The van der Waals surface area contributed by atoms with E-state index in [0.717, 1.165) is 38.0 Å². The summed E-state index contributed by atoms with van der Waals surface area (Å²) in [6.45, 7) is 3.60. The average Bonchev–Trinajstić information content (AvgIpc) is 2.84. The number of hydrogen-bond acceptors (Lipinski definition) is 4. The minimum Gasteiger partial charge on any atom is -0.468 e. The molecule has 1 aromatic carbocycles. The number of aromatic nitrogens is 1. The fraction of sp³-hybridized carbons (Fsp3) is 0.571. The summed E-state index contributed by atoms with van der Waals surface area (Å²) < 4.78 is 7.77. The summed E-state index contributed by atoms with van der Waals surface area (Å²) in [4.78, 5) is 13.3. The van der Waals surface area contributed by atoms with Crippen LogP contribution in [0, 0.1) is 11.8 Å². The van der Waals surface area contributed by atoms with Crippen molar-refractivity contribution in [2.45, 2.75) is 50.3 Å². The van der Waals surface area contributed by atoms with Crippen LogP contribution in [-0.4, -0.2) is 41.4 Å². The number of methoxy groups -OCH3 is 1. The van der Waals surface area contributed by atoms with Gasteiger partial charge in [-0.3, -0.25) is 4.79 Å². The fourth-order valence-electron chi connectivity index (χ4n) is 6.16. The summed E-state index contributed by atoms with van der Waals surface area (Å²) in [6.07, 6.45) is 2.20. The number of carbonyl (C=O) groups is 1. The molecule has 5 nitrogen and oxygen atoms in total. The van der Waals surface area contributed by atoms with Crippen molar-refractivity contribution in [2.24, 2.45) is 11.8 Å². The predicted molar refractivity (Wildman–Crippen MR) is 99.0 cm³/mol. The molecule has 2 aromatic rings. The molecular weight excluding hydrogens is 328 g/mol. The molecule has 138 valence electrons.